The van der Waals surface area contributed by atoms with Gasteiger partial charge in [0.25, 0.3) is 0 Å². The zero-order valence-electron chi connectivity index (χ0n) is 21.1. The zero-order chi connectivity index (χ0) is 25.4. The molecule has 0 N–H and O–H groups in total. The van der Waals surface area contributed by atoms with Gasteiger partial charge >= 0.3 is 0 Å². The lowest BCUT2D eigenvalue weighted by Crippen LogP contribution is -2.48. The van der Waals surface area contributed by atoms with Crippen molar-refractivity contribution in [3.8, 4) is 0 Å². The molecule has 1 atom stereocenters. The second kappa shape index (κ2) is 9.88. The number of sulfonamides is 1. The highest BCUT2D eigenvalue weighted by molar-refractivity contribution is 7.89. The lowest BCUT2D eigenvalue weighted by atomic mass is 9.85. The van der Waals surface area contributed by atoms with E-state index in [2.05, 4.69) is 56.5 Å². The monoisotopic (exact) mass is 510 g/mol. The molecule has 0 radical (unpaired) electrons. The van der Waals surface area contributed by atoms with Gasteiger partial charge in [0.15, 0.2) is 0 Å². The smallest absolute Gasteiger partial charge is 0.243 e. The number of rotatable bonds is 6. The summed E-state index contributed by atoms with van der Waals surface area (Å²) in [4.78, 5) is 17.1. The molecule has 1 unspecified atom stereocenters. The SMILES string of the molecule is CC(C)N(CC(=O)N1CCc2sccc2C1c1ccc(C(C)(C)C)cc1)S(=O)(=O)c1ccccc1. The number of hydrogen-bond acceptors (Lipinski definition) is 4. The van der Waals surface area contributed by atoms with Crippen LogP contribution in [0.3, 0.4) is 0 Å². The van der Waals surface area contributed by atoms with Gasteiger partial charge in [0, 0.05) is 17.5 Å². The van der Waals surface area contributed by atoms with Crippen molar-refractivity contribution in [2.75, 3.05) is 13.1 Å². The first kappa shape index (κ1) is 25.6. The van der Waals surface area contributed by atoms with Crippen molar-refractivity contribution in [1.82, 2.24) is 9.21 Å². The first-order chi connectivity index (χ1) is 16.5. The van der Waals surface area contributed by atoms with Crippen molar-refractivity contribution in [3.05, 3.63) is 87.6 Å². The van der Waals surface area contributed by atoms with Gasteiger partial charge in [0.05, 0.1) is 17.5 Å². The van der Waals surface area contributed by atoms with Crippen LogP contribution in [0.5, 0.6) is 0 Å². The molecule has 2 heterocycles. The first-order valence-corrected chi connectivity index (χ1v) is 14.3. The van der Waals surface area contributed by atoms with Crippen LogP contribution >= 0.6 is 11.3 Å². The summed E-state index contributed by atoms with van der Waals surface area (Å²) >= 11 is 1.72. The summed E-state index contributed by atoms with van der Waals surface area (Å²) in [6.45, 7) is 10.5. The molecule has 0 aliphatic carbocycles. The second-order valence-electron chi connectivity index (χ2n) is 10.4. The Balaban J connectivity index is 1.67. The van der Waals surface area contributed by atoms with Crippen LogP contribution in [0.4, 0.5) is 0 Å². The number of nitrogens with zero attached hydrogens (tertiary/aromatic N) is 2. The van der Waals surface area contributed by atoms with Crippen LogP contribution in [0.15, 0.2) is 70.9 Å². The molecular formula is C28H34N2O3S2. The Morgan fingerprint density at radius 2 is 1.71 bits per heavy atom. The van der Waals surface area contributed by atoms with E-state index in [4.69, 9.17) is 0 Å². The summed E-state index contributed by atoms with van der Waals surface area (Å²) in [5.74, 6) is -0.181. The van der Waals surface area contributed by atoms with E-state index in [0.29, 0.717) is 6.54 Å². The Morgan fingerprint density at radius 3 is 2.31 bits per heavy atom. The maximum absolute atomic E-state index is 13.8. The molecule has 186 valence electrons. The minimum absolute atomic E-state index is 0.0394. The first-order valence-electron chi connectivity index (χ1n) is 12.0. The van der Waals surface area contributed by atoms with E-state index in [1.54, 1.807) is 41.7 Å². The summed E-state index contributed by atoms with van der Waals surface area (Å²) in [6, 6.07) is 18.4. The van der Waals surface area contributed by atoms with E-state index in [-0.39, 0.29) is 34.8 Å². The molecule has 2 aromatic carbocycles. The van der Waals surface area contributed by atoms with Crippen molar-refractivity contribution in [2.45, 2.75) is 63.4 Å². The van der Waals surface area contributed by atoms with Gasteiger partial charge in [-0.05, 0) is 66.0 Å². The van der Waals surface area contributed by atoms with Crippen molar-refractivity contribution in [1.29, 1.82) is 0 Å². The van der Waals surface area contributed by atoms with Crippen LogP contribution < -0.4 is 0 Å². The van der Waals surface area contributed by atoms with Crippen molar-refractivity contribution >= 4 is 27.3 Å². The normalized spacial score (nSPS) is 16.5. The molecular weight excluding hydrogens is 476 g/mol. The van der Waals surface area contributed by atoms with E-state index >= 15 is 0 Å². The van der Waals surface area contributed by atoms with Gasteiger partial charge in [-0.3, -0.25) is 4.79 Å². The standard InChI is InChI=1S/C28H34N2O3S2/c1-20(2)30(35(32,33)23-9-7-6-8-10-23)19-26(31)29-17-15-25-24(16-18-34-25)27(29)21-11-13-22(14-12-21)28(3,4)5/h6-14,16,18,20,27H,15,17,19H2,1-5H3. The molecule has 1 aliphatic rings. The van der Waals surface area contributed by atoms with Crippen molar-refractivity contribution < 1.29 is 13.2 Å². The quantitative estimate of drug-likeness (QED) is 0.433. The fourth-order valence-electron chi connectivity index (χ4n) is 4.61. The molecule has 4 rings (SSSR count). The van der Waals surface area contributed by atoms with Gasteiger partial charge in [-0.1, -0.05) is 63.2 Å². The lowest BCUT2D eigenvalue weighted by molar-refractivity contribution is -0.133. The van der Waals surface area contributed by atoms with Crippen LogP contribution in [-0.4, -0.2) is 42.7 Å². The third kappa shape index (κ3) is 5.22. The molecule has 0 spiro atoms. The molecule has 35 heavy (non-hydrogen) atoms. The highest BCUT2D eigenvalue weighted by atomic mass is 32.2. The van der Waals surface area contributed by atoms with Crippen LogP contribution in [0, 0.1) is 0 Å². The number of carbonyl (C=O) groups is 1. The van der Waals surface area contributed by atoms with Crippen molar-refractivity contribution in [2.24, 2.45) is 0 Å². The largest absolute Gasteiger partial charge is 0.330 e. The molecule has 3 aromatic rings. The average molecular weight is 511 g/mol. The predicted octanol–water partition coefficient (Wildman–Crippen LogP) is 5.62. The van der Waals surface area contributed by atoms with Gasteiger partial charge in [0.2, 0.25) is 15.9 Å². The highest BCUT2D eigenvalue weighted by Gasteiger charge is 2.36. The Kier molecular flexibility index (Phi) is 7.23. The summed E-state index contributed by atoms with van der Waals surface area (Å²) in [6.07, 6.45) is 0.780. The third-order valence-electron chi connectivity index (χ3n) is 6.60. The maximum Gasteiger partial charge on any atom is 0.243 e. The number of benzene rings is 2. The van der Waals surface area contributed by atoms with E-state index in [9.17, 15) is 13.2 Å². The maximum atomic E-state index is 13.8. The number of thiophene rings is 1. The molecule has 1 aromatic heterocycles. The number of hydrogen-bond donors (Lipinski definition) is 0. The summed E-state index contributed by atoms with van der Waals surface area (Å²) in [5, 5.41) is 2.08. The van der Waals surface area contributed by atoms with Crippen LogP contribution in [0.25, 0.3) is 0 Å². The van der Waals surface area contributed by atoms with Gasteiger partial charge in [-0.15, -0.1) is 11.3 Å². The van der Waals surface area contributed by atoms with Gasteiger partial charge < -0.3 is 4.90 Å². The fourth-order valence-corrected chi connectivity index (χ4v) is 7.12. The average Bonchev–Trinajstić information content (AvgIpc) is 3.30. The topological polar surface area (TPSA) is 57.7 Å². The van der Waals surface area contributed by atoms with Crippen LogP contribution in [0.2, 0.25) is 0 Å². The lowest BCUT2D eigenvalue weighted by Gasteiger charge is -2.38. The predicted molar refractivity (Wildman–Crippen MR) is 142 cm³/mol. The highest BCUT2D eigenvalue weighted by Crippen LogP contribution is 2.38. The van der Waals surface area contributed by atoms with E-state index < -0.39 is 10.0 Å². The molecule has 1 amide bonds. The van der Waals surface area contributed by atoms with Crippen molar-refractivity contribution in [3.63, 3.8) is 0 Å². The third-order valence-corrected chi connectivity index (χ3v) is 9.63. The van der Waals surface area contributed by atoms with Crippen LogP contribution in [-0.2, 0) is 26.7 Å². The minimum Gasteiger partial charge on any atom is -0.330 e. The number of fused-ring (bicyclic) bond motifs is 1. The summed E-state index contributed by atoms with van der Waals surface area (Å²) in [7, 11) is -3.80. The molecule has 7 heteroatoms. The molecule has 0 fully saturated rings. The fraction of sp³-hybridized carbons (Fsp3) is 0.393. The minimum atomic E-state index is -3.80. The number of amides is 1. The van der Waals surface area contributed by atoms with E-state index in [0.717, 1.165) is 17.5 Å². The second-order valence-corrected chi connectivity index (χ2v) is 13.3. The summed E-state index contributed by atoms with van der Waals surface area (Å²) in [5.41, 5.74) is 3.46. The van der Waals surface area contributed by atoms with Crippen LogP contribution in [0.1, 0.15) is 62.2 Å². The summed E-state index contributed by atoms with van der Waals surface area (Å²) < 4.78 is 28.1. The van der Waals surface area contributed by atoms with Gasteiger partial charge in [-0.25, -0.2) is 8.42 Å². The Hall–Kier alpha value is -2.48. The molecule has 0 saturated heterocycles. The Bertz CT molecular complexity index is 1270. The van der Waals surface area contributed by atoms with E-state index in [1.165, 1.54) is 14.7 Å². The van der Waals surface area contributed by atoms with Gasteiger partial charge in [-0.2, -0.15) is 4.31 Å². The van der Waals surface area contributed by atoms with Gasteiger partial charge in [0.1, 0.15) is 0 Å². The molecule has 0 bridgehead atoms. The molecule has 0 saturated carbocycles. The zero-order valence-corrected chi connectivity index (χ0v) is 22.7. The molecule has 5 nitrogen and oxygen atoms in total. The molecule has 1 aliphatic heterocycles. The Morgan fingerprint density at radius 1 is 1.06 bits per heavy atom. The van der Waals surface area contributed by atoms with E-state index in [1.807, 2.05) is 18.7 Å². The Labute approximate surface area is 213 Å². The number of carbonyl (C=O) groups excluding carboxylic acids is 1.